The fourth-order valence-corrected chi connectivity index (χ4v) is 0.330. The third-order valence-electron chi connectivity index (χ3n) is 0.611. The lowest BCUT2D eigenvalue weighted by Gasteiger charge is -1.95. The molecule has 0 aliphatic rings. The molecule has 0 spiro atoms. The monoisotopic (exact) mass is 147 g/mol. The van der Waals surface area contributed by atoms with Crippen LogP contribution in [0.1, 0.15) is 20.3 Å². The zero-order valence-corrected chi connectivity index (χ0v) is 6.80. The van der Waals surface area contributed by atoms with Crippen LogP contribution in [0.2, 0.25) is 0 Å². The Labute approximate surface area is 62.5 Å². The highest BCUT2D eigenvalue weighted by Crippen LogP contribution is 1.75. The molecule has 0 bridgehead atoms. The molecule has 0 atom stereocenters. The van der Waals surface area contributed by atoms with Crippen LogP contribution in [0.25, 0.3) is 0 Å². The SMILES string of the molecule is CC=O.CCCOCCN. The molecule has 0 radical (unpaired) electrons. The van der Waals surface area contributed by atoms with Crippen LogP contribution in [-0.4, -0.2) is 26.0 Å². The summed E-state index contributed by atoms with van der Waals surface area (Å²) in [4.78, 5) is 8.81. The Hall–Kier alpha value is -0.410. The number of rotatable bonds is 4. The van der Waals surface area contributed by atoms with E-state index in [1.165, 1.54) is 6.92 Å². The van der Waals surface area contributed by atoms with E-state index in [0.717, 1.165) is 19.3 Å². The van der Waals surface area contributed by atoms with Crippen molar-refractivity contribution < 1.29 is 9.53 Å². The van der Waals surface area contributed by atoms with Crippen molar-refractivity contribution in [3.05, 3.63) is 0 Å². The second-order valence-electron chi connectivity index (χ2n) is 1.64. The van der Waals surface area contributed by atoms with E-state index in [1.807, 2.05) is 0 Å². The van der Waals surface area contributed by atoms with Gasteiger partial charge in [0, 0.05) is 13.2 Å². The van der Waals surface area contributed by atoms with E-state index < -0.39 is 0 Å². The van der Waals surface area contributed by atoms with Crippen LogP contribution in [0.4, 0.5) is 0 Å². The molecular weight excluding hydrogens is 130 g/mol. The summed E-state index contributed by atoms with van der Waals surface area (Å²) in [6.45, 7) is 5.71. The van der Waals surface area contributed by atoms with Gasteiger partial charge in [-0.1, -0.05) is 6.92 Å². The van der Waals surface area contributed by atoms with E-state index in [-0.39, 0.29) is 0 Å². The standard InChI is InChI=1S/C5H13NO.C2H4O/c1-2-4-7-5-3-6;1-2-3/h2-6H2,1H3;2H,1H3. The van der Waals surface area contributed by atoms with Gasteiger partial charge < -0.3 is 15.3 Å². The second-order valence-corrected chi connectivity index (χ2v) is 1.64. The summed E-state index contributed by atoms with van der Waals surface area (Å²) in [6.07, 6.45) is 1.83. The highest BCUT2D eigenvalue weighted by atomic mass is 16.5. The van der Waals surface area contributed by atoms with Crippen molar-refractivity contribution in [2.24, 2.45) is 5.73 Å². The first-order chi connectivity index (χ1) is 4.83. The van der Waals surface area contributed by atoms with Gasteiger partial charge in [0.1, 0.15) is 6.29 Å². The molecule has 62 valence electrons. The molecule has 0 unspecified atom stereocenters. The van der Waals surface area contributed by atoms with E-state index in [9.17, 15) is 0 Å². The van der Waals surface area contributed by atoms with Crippen LogP contribution in [-0.2, 0) is 9.53 Å². The Morgan fingerprint density at radius 3 is 2.30 bits per heavy atom. The van der Waals surface area contributed by atoms with E-state index in [2.05, 4.69) is 6.92 Å². The molecule has 3 nitrogen and oxygen atoms in total. The van der Waals surface area contributed by atoms with Crippen molar-refractivity contribution in [1.29, 1.82) is 0 Å². The van der Waals surface area contributed by atoms with Crippen molar-refractivity contribution >= 4 is 6.29 Å². The number of hydrogen-bond acceptors (Lipinski definition) is 3. The van der Waals surface area contributed by atoms with Crippen molar-refractivity contribution in [2.75, 3.05) is 19.8 Å². The molecule has 0 heterocycles. The van der Waals surface area contributed by atoms with Gasteiger partial charge in [-0.05, 0) is 13.3 Å². The molecule has 0 aliphatic carbocycles. The molecule has 0 amide bonds. The zero-order valence-electron chi connectivity index (χ0n) is 6.80. The average Bonchev–Trinajstić information content (AvgIpc) is 1.91. The minimum atomic E-state index is 0.639. The number of ether oxygens (including phenoxy) is 1. The summed E-state index contributed by atoms with van der Waals surface area (Å²) >= 11 is 0. The minimum absolute atomic E-state index is 0.639. The summed E-state index contributed by atoms with van der Waals surface area (Å²) in [6, 6.07) is 0. The lowest BCUT2D eigenvalue weighted by atomic mass is 10.5. The third-order valence-corrected chi connectivity index (χ3v) is 0.611. The number of aldehydes is 1. The van der Waals surface area contributed by atoms with Gasteiger partial charge in [0.2, 0.25) is 0 Å². The maximum atomic E-state index is 8.81. The quantitative estimate of drug-likeness (QED) is 0.467. The first-order valence-corrected chi connectivity index (χ1v) is 3.51. The third kappa shape index (κ3) is 25.6. The van der Waals surface area contributed by atoms with Gasteiger partial charge in [-0.3, -0.25) is 0 Å². The Morgan fingerprint density at radius 2 is 2.00 bits per heavy atom. The molecule has 0 aliphatic heterocycles. The van der Waals surface area contributed by atoms with Crippen molar-refractivity contribution in [3.63, 3.8) is 0 Å². The first kappa shape index (κ1) is 12.3. The molecule has 0 rings (SSSR count). The molecule has 10 heavy (non-hydrogen) atoms. The van der Waals surface area contributed by atoms with Crippen molar-refractivity contribution in [3.8, 4) is 0 Å². The first-order valence-electron chi connectivity index (χ1n) is 3.51. The van der Waals surface area contributed by atoms with E-state index in [1.54, 1.807) is 0 Å². The summed E-state index contributed by atoms with van der Waals surface area (Å²) in [5, 5.41) is 0. The van der Waals surface area contributed by atoms with Gasteiger partial charge in [0.05, 0.1) is 6.61 Å². The number of hydrogen-bond donors (Lipinski definition) is 1. The Balaban J connectivity index is 0. The Bertz CT molecular complexity index is 53.6. The normalized spacial score (nSPS) is 7.90. The van der Waals surface area contributed by atoms with E-state index in [0.29, 0.717) is 13.2 Å². The Kier molecular flexibility index (Phi) is 19.5. The molecule has 0 saturated carbocycles. The molecule has 0 fully saturated rings. The largest absolute Gasteiger partial charge is 0.380 e. The van der Waals surface area contributed by atoms with Crippen LogP contribution in [0.5, 0.6) is 0 Å². The predicted octanol–water partition coefficient (Wildman–Crippen LogP) is 0.577. The fraction of sp³-hybridized carbons (Fsp3) is 0.857. The maximum absolute atomic E-state index is 8.81. The predicted molar refractivity (Wildman–Crippen MR) is 41.9 cm³/mol. The van der Waals surface area contributed by atoms with Crippen LogP contribution in [0.15, 0.2) is 0 Å². The molecule has 3 heteroatoms. The number of carbonyl (C=O) groups is 1. The molecular formula is C7H17NO2. The maximum Gasteiger partial charge on any atom is 0.116 e. The van der Waals surface area contributed by atoms with Crippen LogP contribution < -0.4 is 5.73 Å². The van der Waals surface area contributed by atoms with Gasteiger partial charge in [-0.2, -0.15) is 0 Å². The van der Waals surface area contributed by atoms with Gasteiger partial charge in [0.15, 0.2) is 0 Å². The molecule has 0 aromatic rings. The fourth-order valence-electron chi connectivity index (χ4n) is 0.330. The Morgan fingerprint density at radius 1 is 1.50 bits per heavy atom. The van der Waals surface area contributed by atoms with Gasteiger partial charge in [-0.15, -0.1) is 0 Å². The molecule has 0 saturated heterocycles. The molecule has 0 aromatic heterocycles. The molecule has 2 N–H and O–H groups in total. The highest BCUT2D eigenvalue weighted by Gasteiger charge is 1.77. The van der Waals surface area contributed by atoms with Gasteiger partial charge >= 0.3 is 0 Å². The summed E-state index contributed by atoms with van der Waals surface area (Å²) in [7, 11) is 0. The second kappa shape index (κ2) is 15.8. The minimum Gasteiger partial charge on any atom is -0.380 e. The lowest BCUT2D eigenvalue weighted by molar-refractivity contribution is -0.106. The molecule has 0 aromatic carbocycles. The van der Waals surface area contributed by atoms with Crippen molar-refractivity contribution in [2.45, 2.75) is 20.3 Å². The van der Waals surface area contributed by atoms with Crippen LogP contribution >= 0.6 is 0 Å². The summed E-state index contributed by atoms with van der Waals surface area (Å²) < 4.78 is 5.01. The van der Waals surface area contributed by atoms with Crippen LogP contribution in [0, 0.1) is 0 Å². The van der Waals surface area contributed by atoms with Crippen LogP contribution in [0.3, 0.4) is 0 Å². The lowest BCUT2D eigenvalue weighted by Crippen LogP contribution is -2.08. The van der Waals surface area contributed by atoms with E-state index in [4.69, 9.17) is 15.3 Å². The summed E-state index contributed by atoms with van der Waals surface area (Å²) in [5.41, 5.74) is 5.14. The highest BCUT2D eigenvalue weighted by molar-refractivity contribution is 5.44. The smallest absolute Gasteiger partial charge is 0.116 e. The van der Waals surface area contributed by atoms with Crippen molar-refractivity contribution in [1.82, 2.24) is 0 Å². The van der Waals surface area contributed by atoms with Gasteiger partial charge in [-0.25, -0.2) is 0 Å². The van der Waals surface area contributed by atoms with Gasteiger partial charge in [0.25, 0.3) is 0 Å². The van der Waals surface area contributed by atoms with E-state index >= 15 is 0 Å². The summed E-state index contributed by atoms with van der Waals surface area (Å²) in [5.74, 6) is 0. The number of nitrogens with two attached hydrogens (primary N) is 1. The average molecular weight is 147 g/mol. The zero-order chi connectivity index (χ0) is 8.24. The topological polar surface area (TPSA) is 52.3 Å². The number of carbonyl (C=O) groups excluding carboxylic acids is 1.